The van der Waals surface area contributed by atoms with E-state index in [1.165, 1.54) is 6.20 Å². The molecule has 3 aromatic rings. The molecule has 0 aliphatic rings. The molecule has 0 spiro atoms. The van der Waals surface area contributed by atoms with Gasteiger partial charge in [-0.15, -0.1) is 0 Å². The van der Waals surface area contributed by atoms with E-state index in [2.05, 4.69) is 20.3 Å². The predicted octanol–water partition coefficient (Wildman–Crippen LogP) is 2.13. The average molecular weight is 281 g/mol. The first kappa shape index (κ1) is 12.2. The number of hydrogen-bond donors (Lipinski definition) is 2. The predicted molar refractivity (Wildman–Crippen MR) is 61.6 cm³/mol. The quantitative estimate of drug-likeness (QED) is 0.702. The lowest BCUT2D eigenvalue weighted by atomic mass is 10.2. The minimum Gasteiger partial charge on any atom is -0.383 e. The number of aromatic amines is 1. The van der Waals surface area contributed by atoms with Crippen LogP contribution in [0.2, 0.25) is 0 Å². The summed E-state index contributed by atoms with van der Waals surface area (Å²) in [6.07, 6.45) is 1.36. The Kier molecular flexibility index (Phi) is 2.67. The van der Waals surface area contributed by atoms with Crippen molar-refractivity contribution in [3.8, 4) is 22.8 Å². The molecule has 3 rings (SSSR count). The summed E-state index contributed by atoms with van der Waals surface area (Å²) in [7, 11) is 0. The van der Waals surface area contributed by atoms with E-state index in [1.54, 1.807) is 0 Å². The molecule has 0 radical (unpaired) electrons. The van der Waals surface area contributed by atoms with Crippen molar-refractivity contribution in [2.75, 3.05) is 5.73 Å². The van der Waals surface area contributed by atoms with Crippen LogP contribution in [0, 0.1) is 17.5 Å². The molecule has 0 amide bonds. The second kappa shape index (κ2) is 4.37. The highest BCUT2D eigenvalue weighted by molar-refractivity contribution is 5.67. The number of nitrogens with two attached hydrogens (primary N) is 1. The fraction of sp³-hybridized carbons (Fsp3) is 0. The van der Waals surface area contributed by atoms with Crippen molar-refractivity contribution in [2.45, 2.75) is 0 Å². The third-order valence-corrected chi connectivity index (χ3v) is 2.57. The maximum absolute atomic E-state index is 13.1. The smallest absolute Gasteiger partial charge is 0.263 e. The van der Waals surface area contributed by atoms with E-state index in [0.717, 1.165) is 12.1 Å². The molecule has 1 aromatic carbocycles. The van der Waals surface area contributed by atoms with E-state index in [-0.39, 0.29) is 23.1 Å². The van der Waals surface area contributed by atoms with Gasteiger partial charge in [-0.3, -0.25) is 5.10 Å². The Morgan fingerprint density at radius 1 is 1.15 bits per heavy atom. The molecule has 102 valence electrons. The number of anilines is 1. The zero-order valence-corrected chi connectivity index (χ0v) is 9.69. The second-order valence-electron chi connectivity index (χ2n) is 3.87. The summed E-state index contributed by atoms with van der Waals surface area (Å²) in [5, 5.41) is 9.70. The molecular formula is C11H6F3N5O. The molecule has 0 atom stereocenters. The van der Waals surface area contributed by atoms with Crippen molar-refractivity contribution < 1.29 is 17.7 Å². The summed E-state index contributed by atoms with van der Waals surface area (Å²) >= 11 is 0. The number of nitrogen functional groups attached to an aromatic ring is 1. The second-order valence-corrected chi connectivity index (χ2v) is 3.87. The molecule has 2 heterocycles. The Labute approximate surface area is 109 Å². The third-order valence-electron chi connectivity index (χ3n) is 2.57. The van der Waals surface area contributed by atoms with Crippen LogP contribution in [0.3, 0.4) is 0 Å². The molecule has 2 aromatic heterocycles. The Bertz CT molecular complexity index is 759. The minimum atomic E-state index is -1.56. The summed E-state index contributed by atoms with van der Waals surface area (Å²) in [6.45, 7) is 0. The first-order valence-corrected chi connectivity index (χ1v) is 5.34. The van der Waals surface area contributed by atoms with Gasteiger partial charge in [-0.25, -0.2) is 13.2 Å². The number of halogens is 3. The summed E-state index contributed by atoms with van der Waals surface area (Å²) in [6, 6.07) is 1.54. The van der Waals surface area contributed by atoms with Gasteiger partial charge in [0, 0.05) is 5.56 Å². The number of aromatic nitrogens is 4. The summed E-state index contributed by atoms with van der Waals surface area (Å²) in [5.41, 5.74) is 5.87. The van der Waals surface area contributed by atoms with E-state index in [0.29, 0.717) is 5.56 Å². The van der Waals surface area contributed by atoms with Gasteiger partial charge < -0.3 is 10.3 Å². The van der Waals surface area contributed by atoms with Crippen LogP contribution in [0.15, 0.2) is 22.9 Å². The molecule has 0 unspecified atom stereocenters. The summed E-state index contributed by atoms with van der Waals surface area (Å²) in [4.78, 5) is 3.92. The fourth-order valence-electron chi connectivity index (χ4n) is 1.60. The highest BCUT2D eigenvalue weighted by atomic mass is 19.2. The minimum absolute atomic E-state index is 0.0244. The van der Waals surface area contributed by atoms with Gasteiger partial charge in [-0.2, -0.15) is 10.1 Å². The molecule has 0 aliphatic carbocycles. The fourth-order valence-corrected chi connectivity index (χ4v) is 1.60. The van der Waals surface area contributed by atoms with Crippen molar-refractivity contribution >= 4 is 5.82 Å². The van der Waals surface area contributed by atoms with Crippen molar-refractivity contribution in [3.05, 3.63) is 35.8 Å². The molecule has 0 saturated heterocycles. The lowest BCUT2D eigenvalue weighted by Crippen LogP contribution is -1.93. The first-order valence-electron chi connectivity index (χ1n) is 5.34. The highest BCUT2D eigenvalue weighted by Gasteiger charge is 2.17. The number of nitrogens with zero attached hydrogens (tertiary/aromatic N) is 3. The molecule has 0 aliphatic heterocycles. The molecule has 0 saturated carbocycles. The van der Waals surface area contributed by atoms with Gasteiger partial charge in [-0.05, 0) is 12.1 Å². The number of nitrogens with one attached hydrogen (secondary N) is 1. The first-order chi connectivity index (χ1) is 9.56. The van der Waals surface area contributed by atoms with E-state index in [9.17, 15) is 13.2 Å². The third kappa shape index (κ3) is 1.88. The van der Waals surface area contributed by atoms with E-state index in [4.69, 9.17) is 10.3 Å². The highest BCUT2D eigenvalue weighted by Crippen LogP contribution is 2.26. The Balaban J connectivity index is 2.05. The number of benzene rings is 1. The van der Waals surface area contributed by atoms with Gasteiger partial charge in [0.2, 0.25) is 5.82 Å². The normalized spacial score (nSPS) is 10.9. The van der Waals surface area contributed by atoms with Crippen LogP contribution in [0.25, 0.3) is 22.8 Å². The van der Waals surface area contributed by atoms with Gasteiger partial charge >= 0.3 is 0 Å². The Hall–Kier alpha value is -2.84. The van der Waals surface area contributed by atoms with Gasteiger partial charge in [0.25, 0.3) is 5.89 Å². The van der Waals surface area contributed by atoms with Crippen LogP contribution < -0.4 is 5.73 Å². The van der Waals surface area contributed by atoms with Crippen LogP contribution >= 0.6 is 0 Å². The molecule has 9 heteroatoms. The lowest BCUT2D eigenvalue weighted by molar-refractivity contribution is 0.431. The topological polar surface area (TPSA) is 93.6 Å². The summed E-state index contributed by atoms with van der Waals surface area (Å²) < 4.78 is 44.0. The Morgan fingerprint density at radius 3 is 2.45 bits per heavy atom. The van der Waals surface area contributed by atoms with E-state index >= 15 is 0 Å². The van der Waals surface area contributed by atoms with Crippen molar-refractivity contribution in [3.63, 3.8) is 0 Å². The standard InChI is InChI=1S/C11H6F3N5O/c12-6-1-4(2-7(13)8(6)14)10-17-11(20-19-10)5-3-16-18-9(5)15/h1-3H,(H3,15,16,18). The monoisotopic (exact) mass is 281 g/mol. The van der Waals surface area contributed by atoms with Gasteiger partial charge in [0.15, 0.2) is 17.5 Å². The number of rotatable bonds is 2. The van der Waals surface area contributed by atoms with Crippen LogP contribution in [0.1, 0.15) is 0 Å². The van der Waals surface area contributed by atoms with Gasteiger partial charge in [-0.1, -0.05) is 5.16 Å². The SMILES string of the molecule is Nc1[nH]ncc1-c1nc(-c2cc(F)c(F)c(F)c2)no1. The summed E-state index contributed by atoms with van der Waals surface area (Å²) in [5.74, 6) is -4.11. The molecule has 3 N–H and O–H groups in total. The molecular weight excluding hydrogens is 275 g/mol. The van der Waals surface area contributed by atoms with E-state index in [1.807, 2.05) is 0 Å². The Morgan fingerprint density at radius 2 is 1.85 bits per heavy atom. The van der Waals surface area contributed by atoms with Gasteiger partial charge in [0.1, 0.15) is 11.4 Å². The lowest BCUT2D eigenvalue weighted by Gasteiger charge is -1.98. The number of hydrogen-bond acceptors (Lipinski definition) is 5. The molecule has 20 heavy (non-hydrogen) atoms. The number of H-pyrrole nitrogens is 1. The average Bonchev–Trinajstić information content (AvgIpc) is 3.03. The molecule has 0 fully saturated rings. The zero-order valence-electron chi connectivity index (χ0n) is 9.69. The van der Waals surface area contributed by atoms with Crippen LogP contribution in [0.5, 0.6) is 0 Å². The molecule has 6 nitrogen and oxygen atoms in total. The maximum atomic E-state index is 13.1. The molecule has 0 bridgehead atoms. The largest absolute Gasteiger partial charge is 0.383 e. The zero-order chi connectivity index (χ0) is 14.3. The van der Waals surface area contributed by atoms with Crippen molar-refractivity contribution in [2.24, 2.45) is 0 Å². The van der Waals surface area contributed by atoms with Gasteiger partial charge in [0.05, 0.1) is 6.20 Å². The van der Waals surface area contributed by atoms with Crippen LogP contribution in [-0.2, 0) is 0 Å². The van der Waals surface area contributed by atoms with Crippen LogP contribution in [0.4, 0.5) is 19.0 Å². The van der Waals surface area contributed by atoms with Crippen molar-refractivity contribution in [1.29, 1.82) is 0 Å². The van der Waals surface area contributed by atoms with Crippen LogP contribution in [-0.4, -0.2) is 20.3 Å². The van der Waals surface area contributed by atoms with Crippen molar-refractivity contribution in [1.82, 2.24) is 20.3 Å². The van der Waals surface area contributed by atoms with E-state index < -0.39 is 17.5 Å². The maximum Gasteiger partial charge on any atom is 0.263 e.